The summed E-state index contributed by atoms with van der Waals surface area (Å²) in [5.74, 6) is 0. The Kier molecular flexibility index (Phi) is 5.23. The van der Waals surface area contributed by atoms with Crippen molar-refractivity contribution in [1.82, 2.24) is 4.31 Å². The highest BCUT2D eigenvalue weighted by molar-refractivity contribution is 9.10. The van der Waals surface area contributed by atoms with Gasteiger partial charge in [0.2, 0.25) is 10.0 Å². The lowest BCUT2D eigenvalue weighted by molar-refractivity contribution is 0.172. The molecule has 0 amide bonds. The zero-order chi connectivity index (χ0) is 14.8. The highest BCUT2D eigenvalue weighted by Crippen LogP contribution is 2.27. The molecule has 20 heavy (non-hydrogen) atoms. The first kappa shape index (κ1) is 15.9. The van der Waals surface area contributed by atoms with Crippen LogP contribution in [0.3, 0.4) is 0 Å². The van der Waals surface area contributed by atoms with Crippen molar-refractivity contribution in [1.29, 1.82) is 0 Å². The molecule has 1 aromatic rings. The second-order valence-electron chi connectivity index (χ2n) is 5.21. The van der Waals surface area contributed by atoms with Gasteiger partial charge in [-0.15, -0.1) is 0 Å². The van der Waals surface area contributed by atoms with Crippen molar-refractivity contribution in [2.45, 2.75) is 37.5 Å². The SMILES string of the molecule is C[C@@H]([C@H](O)c1ccc(Br)cc1)S(=O)(=O)N1CCCCC1. The molecule has 1 fully saturated rings. The third-order valence-electron chi connectivity index (χ3n) is 3.80. The Morgan fingerprint density at radius 2 is 1.70 bits per heavy atom. The Balaban J connectivity index is 2.16. The van der Waals surface area contributed by atoms with Crippen LogP contribution in [-0.4, -0.2) is 36.2 Å². The second kappa shape index (κ2) is 6.56. The Morgan fingerprint density at radius 1 is 1.15 bits per heavy atom. The number of nitrogens with zero attached hydrogens (tertiary/aromatic N) is 1. The molecule has 1 aromatic carbocycles. The maximum atomic E-state index is 12.5. The van der Waals surface area contributed by atoms with Gasteiger partial charge in [0.25, 0.3) is 0 Å². The molecule has 1 aliphatic heterocycles. The zero-order valence-electron chi connectivity index (χ0n) is 11.5. The van der Waals surface area contributed by atoms with Gasteiger partial charge in [-0.1, -0.05) is 34.5 Å². The van der Waals surface area contributed by atoms with Crippen molar-refractivity contribution < 1.29 is 13.5 Å². The molecule has 0 unspecified atom stereocenters. The molecule has 1 aliphatic rings. The molecule has 6 heteroatoms. The van der Waals surface area contributed by atoms with Crippen molar-refractivity contribution in [3.63, 3.8) is 0 Å². The van der Waals surface area contributed by atoms with Gasteiger partial charge in [-0.3, -0.25) is 0 Å². The molecule has 0 saturated carbocycles. The number of halogens is 1. The summed E-state index contributed by atoms with van der Waals surface area (Å²) in [6.45, 7) is 2.72. The standard InChI is InChI=1S/C14H20BrNO3S/c1-11(14(17)12-5-7-13(15)8-6-12)20(18,19)16-9-3-2-4-10-16/h5-8,11,14,17H,2-4,9-10H2,1H3/t11-,14-/m0/s1. The van der Waals surface area contributed by atoms with Crippen LogP contribution in [0.1, 0.15) is 37.9 Å². The van der Waals surface area contributed by atoms with E-state index in [1.807, 2.05) is 0 Å². The molecular formula is C14H20BrNO3S. The van der Waals surface area contributed by atoms with Crippen molar-refractivity contribution in [2.24, 2.45) is 0 Å². The Hall–Kier alpha value is -0.430. The van der Waals surface area contributed by atoms with Gasteiger partial charge < -0.3 is 5.11 Å². The molecule has 112 valence electrons. The van der Waals surface area contributed by atoms with Crippen LogP contribution in [0.4, 0.5) is 0 Å². The molecule has 2 rings (SSSR count). The molecular weight excluding hydrogens is 342 g/mol. The first-order valence-electron chi connectivity index (χ1n) is 6.85. The maximum absolute atomic E-state index is 12.5. The van der Waals surface area contributed by atoms with Crippen LogP contribution < -0.4 is 0 Å². The van der Waals surface area contributed by atoms with E-state index < -0.39 is 21.4 Å². The third kappa shape index (κ3) is 3.42. The van der Waals surface area contributed by atoms with E-state index in [1.165, 1.54) is 4.31 Å². The third-order valence-corrected chi connectivity index (χ3v) is 6.61. The summed E-state index contributed by atoms with van der Waals surface area (Å²) >= 11 is 3.33. The van der Waals surface area contributed by atoms with E-state index in [4.69, 9.17) is 0 Å². The van der Waals surface area contributed by atoms with Crippen molar-refractivity contribution in [3.8, 4) is 0 Å². The molecule has 0 aromatic heterocycles. The molecule has 2 atom stereocenters. The van der Waals surface area contributed by atoms with E-state index in [0.717, 1.165) is 23.7 Å². The normalized spacial score (nSPS) is 20.6. The van der Waals surface area contributed by atoms with E-state index in [2.05, 4.69) is 15.9 Å². The smallest absolute Gasteiger partial charge is 0.219 e. The Morgan fingerprint density at radius 3 is 2.25 bits per heavy atom. The number of benzene rings is 1. The first-order chi connectivity index (χ1) is 9.43. The van der Waals surface area contributed by atoms with E-state index >= 15 is 0 Å². The lowest BCUT2D eigenvalue weighted by Gasteiger charge is -2.30. The van der Waals surface area contributed by atoms with Gasteiger partial charge in [-0.05, 0) is 37.5 Å². The summed E-state index contributed by atoms with van der Waals surface area (Å²) in [7, 11) is -3.45. The van der Waals surface area contributed by atoms with Gasteiger partial charge in [-0.2, -0.15) is 0 Å². The van der Waals surface area contributed by atoms with E-state index in [9.17, 15) is 13.5 Å². The highest BCUT2D eigenvalue weighted by atomic mass is 79.9. The average molecular weight is 362 g/mol. The Labute approximate surface area is 129 Å². The van der Waals surface area contributed by atoms with Crippen LogP contribution in [0.25, 0.3) is 0 Å². The molecule has 1 N–H and O–H groups in total. The number of aliphatic hydroxyl groups excluding tert-OH is 1. The van der Waals surface area contributed by atoms with E-state index in [0.29, 0.717) is 18.7 Å². The molecule has 0 radical (unpaired) electrons. The fourth-order valence-electron chi connectivity index (χ4n) is 2.45. The zero-order valence-corrected chi connectivity index (χ0v) is 13.9. The predicted molar refractivity (Wildman–Crippen MR) is 82.9 cm³/mol. The molecule has 0 bridgehead atoms. The molecule has 0 aliphatic carbocycles. The lowest BCUT2D eigenvalue weighted by Crippen LogP contribution is -2.42. The van der Waals surface area contributed by atoms with Crippen molar-refractivity contribution in [3.05, 3.63) is 34.3 Å². The number of hydrogen-bond donors (Lipinski definition) is 1. The first-order valence-corrected chi connectivity index (χ1v) is 9.15. The molecule has 0 spiro atoms. The maximum Gasteiger partial charge on any atom is 0.219 e. The quantitative estimate of drug-likeness (QED) is 0.896. The molecule has 1 heterocycles. The average Bonchev–Trinajstić information content (AvgIpc) is 2.47. The van der Waals surface area contributed by atoms with Gasteiger partial charge in [0.05, 0.1) is 6.10 Å². The fourth-order valence-corrected chi connectivity index (χ4v) is 4.43. The molecule has 4 nitrogen and oxygen atoms in total. The summed E-state index contributed by atoms with van der Waals surface area (Å²) in [5.41, 5.74) is 0.626. The number of rotatable bonds is 4. The molecule has 1 saturated heterocycles. The summed E-state index contributed by atoms with van der Waals surface area (Å²) in [6.07, 6.45) is 1.88. The summed E-state index contributed by atoms with van der Waals surface area (Å²) in [6, 6.07) is 7.10. The van der Waals surface area contributed by atoms with Crippen LogP contribution >= 0.6 is 15.9 Å². The van der Waals surface area contributed by atoms with Crippen LogP contribution in [0.5, 0.6) is 0 Å². The number of hydrogen-bond acceptors (Lipinski definition) is 3. The minimum Gasteiger partial charge on any atom is -0.387 e. The minimum atomic E-state index is -3.45. The van der Waals surface area contributed by atoms with Gasteiger partial charge >= 0.3 is 0 Å². The highest BCUT2D eigenvalue weighted by Gasteiger charge is 2.34. The largest absolute Gasteiger partial charge is 0.387 e. The number of sulfonamides is 1. The Bertz CT molecular complexity index is 538. The van der Waals surface area contributed by atoms with Crippen LogP contribution in [-0.2, 0) is 10.0 Å². The van der Waals surface area contributed by atoms with Gasteiger partial charge in [0.1, 0.15) is 5.25 Å². The monoisotopic (exact) mass is 361 g/mol. The summed E-state index contributed by atoms with van der Waals surface area (Å²) in [5, 5.41) is 9.49. The van der Waals surface area contributed by atoms with Gasteiger partial charge in [0, 0.05) is 17.6 Å². The minimum absolute atomic E-state index is 0.569. The van der Waals surface area contributed by atoms with Crippen molar-refractivity contribution in [2.75, 3.05) is 13.1 Å². The van der Waals surface area contributed by atoms with Gasteiger partial charge in [0.15, 0.2) is 0 Å². The fraction of sp³-hybridized carbons (Fsp3) is 0.571. The predicted octanol–water partition coefficient (Wildman–Crippen LogP) is 2.69. The van der Waals surface area contributed by atoms with Crippen LogP contribution in [0.2, 0.25) is 0 Å². The second-order valence-corrected chi connectivity index (χ2v) is 8.41. The number of aliphatic hydroxyl groups is 1. The van der Waals surface area contributed by atoms with E-state index in [-0.39, 0.29) is 0 Å². The van der Waals surface area contributed by atoms with Crippen LogP contribution in [0, 0.1) is 0 Å². The van der Waals surface area contributed by atoms with Crippen molar-refractivity contribution >= 4 is 26.0 Å². The van der Waals surface area contributed by atoms with Gasteiger partial charge in [-0.25, -0.2) is 12.7 Å². The topological polar surface area (TPSA) is 57.6 Å². The summed E-state index contributed by atoms with van der Waals surface area (Å²) < 4.78 is 27.5. The number of piperidine rings is 1. The lowest BCUT2D eigenvalue weighted by atomic mass is 10.1. The summed E-state index contributed by atoms with van der Waals surface area (Å²) in [4.78, 5) is 0. The van der Waals surface area contributed by atoms with Crippen LogP contribution in [0.15, 0.2) is 28.7 Å². The van der Waals surface area contributed by atoms with E-state index in [1.54, 1.807) is 31.2 Å².